The van der Waals surface area contributed by atoms with E-state index in [9.17, 15) is 13.2 Å². The van der Waals surface area contributed by atoms with Gasteiger partial charge in [-0.15, -0.1) is 13.2 Å². The summed E-state index contributed by atoms with van der Waals surface area (Å²) in [5, 5.41) is 6.34. The van der Waals surface area contributed by atoms with Crippen molar-refractivity contribution < 1.29 is 22.6 Å². The van der Waals surface area contributed by atoms with Gasteiger partial charge in [-0.2, -0.15) is 0 Å². The highest BCUT2D eigenvalue weighted by atomic mass is 19.4. The van der Waals surface area contributed by atoms with Crippen LogP contribution >= 0.6 is 0 Å². The van der Waals surface area contributed by atoms with Gasteiger partial charge in [0, 0.05) is 31.7 Å². The van der Waals surface area contributed by atoms with Crippen molar-refractivity contribution in [3.63, 3.8) is 0 Å². The fraction of sp³-hybridized carbons (Fsp3) is 0.632. The Hall–Kier alpha value is -2.00. The van der Waals surface area contributed by atoms with E-state index >= 15 is 0 Å². The first-order chi connectivity index (χ1) is 13.5. The molecule has 0 saturated carbocycles. The van der Waals surface area contributed by atoms with Crippen molar-refractivity contribution in [3.05, 3.63) is 29.8 Å². The first-order valence-corrected chi connectivity index (χ1v) is 9.64. The van der Waals surface area contributed by atoms with Crippen molar-refractivity contribution in [2.45, 2.75) is 32.7 Å². The third kappa shape index (κ3) is 8.79. The molecule has 1 aromatic carbocycles. The quantitative estimate of drug-likeness (QED) is 0.378. The summed E-state index contributed by atoms with van der Waals surface area (Å²) in [4.78, 5) is 6.77. The maximum Gasteiger partial charge on any atom is 0.573 e. The highest BCUT2D eigenvalue weighted by molar-refractivity contribution is 5.79. The molecule has 1 heterocycles. The standard InChI is InChI=1S/C19H29F3N4O2/c1-2-23-18(24-9-5-6-10-26-11-13-27-14-12-26)25-15-16-7-3-4-8-17(16)28-19(20,21)22/h3-4,7-8H,2,5-6,9-15H2,1H3,(H2,23,24,25). The predicted octanol–water partition coefficient (Wildman–Crippen LogP) is 2.75. The zero-order chi connectivity index (χ0) is 20.2. The van der Waals surface area contributed by atoms with Crippen LogP contribution in [-0.2, 0) is 11.3 Å². The van der Waals surface area contributed by atoms with Crippen LogP contribution in [0, 0.1) is 0 Å². The summed E-state index contributed by atoms with van der Waals surface area (Å²) < 4.78 is 47.0. The van der Waals surface area contributed by atoms with E-state index in [0.717, 1.165) is 52.2 Å². The number of unbranched alkanes of at least 4 members (excludes halogenated alkanes) is 1. The number of nitrogens with one attached hydrogen (secondary N) is 2. The smallest absolute Gasteiger partial charge is 0.405 e. The molecule has 0 spiro atoms. The number of para-hydroxylation sites is 1. The van der Waals surface area contributed by atoms with Gasteiger partial charge in [0.1, 0.15) is 5.75 Å². The van der Waals surface area contributed by atoms with Crippen LogP contribution < -0.4 is 15.4 Å². The van der Waals surface area contributed by atoms with E-state index in [1.807, 2.05) is 6.92 Å². The second kappa shape index (κ2) is 11.8. The van der Waals surface area contributed by atoms with Gasteiger partial charge in [-0.25, -0.2) is 4.99 Å². The predicted molar refractivity (Wildman–Crippen MR) is 102 cm³/mol. The number of guanidine groups is 1. The SMILES string of the molecule is CCNC(=NCc1ccccc1OC(F)(F)F)NCCCCN1CCOCC1. The average Bonchev–Trinajstić information content (AvgIpc) is 2.66. The Morgan fingerprint density at radius 1 is 1.18 bits per heavy atom. The molecule has 0 bridgehead atoms. The van der Waals surface area contributed by atoms with E-state index in [1.165, 1.54) is 12.1 Å². The number of hydrogen-bond acceptors (Lipinski definition) is 4. The van der Waals surface area contributed by atoms with Crippen LogP contribution in [0.4, 0.5) is 13.2 Å². The first-order valence-electron chi connectivity index (χ1n) is 9.64. The van der Waals surface area contributed by atoms with E-state index in [4.69, 9.17) is 4.74 Å². The average molecular weight is 402 g/mol. The Kier molecular flexibility index (Phi) is 9.36. The van der Waals surface area contributed by atoms with Crippen molar-refractivity contribution >= 4 is 5.96 Å². The van der Waals surface area contributed by atoms with Gasteiger partial charge in [-0.05, 0) is 32.4 Å². The molecule has 6 nitrogen and oxygen atoms in total. The molecule has 0 radical (unpaired) electrons. The molecule has 28 heavy (non-hydrogen) atoms. The summed E-state index contributed by atoms with van der Waals surface area (Å²) in [6.45, 7) is 8.06. The summed E-state index contributed by atoms with van der Waals surface area (Å²) in [6, 6.07) is 6.05. The van der Waals surface area contributed by atoms with E-state index in [1.54, 1.807) is 12.1 Å². The molecule has 1 aliphatic heterocycles. The third-order valence-electron chi connectivity index (χ3n) is 4.25. The van der Waals surface area contributed by atoms with Crippen LogP contribution in [0.15, 0.2) is 29.3 Å². The number of alkyl halides is 3. The number of aliphatic imine (C=N–C) groups is 1. The molecule has 1 saturated heterocycles. The maximum absolute atomic E-state index is 12.5. The van der Waals surface area contributed by atoms with Crippen molar-refractivity contribution in [2.75, 3.05) is 45.9 Å². The lowest BCUT2D eigenvalue weighted by atomic mass is 10.2. The zero-order valence-electron chi connectivity index (χ0n) is 16.2. The monoisotopic (exact) mass is 402 g/mol. The van der Waals surface area contributed by atoms with Crippen molar-refractivity contribution in [1.82, 2.24) is 15.5 Å². The van der Waals surface area contributed by atoms with Crippen LogP contribution in [-0.4, -0.2) is 63.2 Å². The Labute approximate surface area is 164 Å². The molecule has 0 aromatic heterocycles. The van der Waals surface area contributed by atoms with Gasteiger partial charge >= 0.3 is 6.36 Å². The molecule has 1 fully saturated rings. The molecule has 9 heteroatoms. The molecule has 0 amide bonds. The number of rotatable bonds is 9. The lowest BCUT2D eigenvalue weighted by molar-refractivity contribution is -0.274. The highest BCUT2D eigenvalue weighted by Crippen LogP contribution is 2.26. The van der Waals surface area contributed by atoms with Gasteiger partial charge in [0.05, 0.1) is 19.8 Å². The lowest BCUT2D eigenvalue weighted by Crippen LogP contribution is -2.39. The normalized spacial score (nSPS) is 16.1. The van der Waals surface area contributed by atoms with Gasteiger partial charge in [0.25, 0.3) is 0 Å². The fourth-order valence-electron chi connectivity index (χ4n) is 2.86. The number of nitrogens with zero attached hydrogens (tertiary/aromatic N) is 2. The van der Waals surface area contributed by atoms with Gasteiger partial charge in [-0.1, -0.05) is 18.2 Å². The Morgan fingerprint density at radius 2 is 1.93 bits per heavy atom. The topological polar surface area (TPSA) is 58.1 Å². The first kappa shape index (κ1) is 22.3. The largest absolute Gasteiger partial charge is 0.573 e. The number of hydrogen-bond donors (Lipinski definition) is 2. The van der Waals surface area contributed by atoms with Gasteiger partial charge in [0.2, 0.25) is 0 Å². The molecule has 1 aliphatic rings. The van der Waals surface area contributed by atoms with E-state index in [0.29, 0.717) is 18.1 Å². The number of morpholine rings is 1. The number of benzene rings is 1. The molecular weight excluding hydrogens is 373 g/mol. The Balaban J connectivity index is 1.80. The highest BCUT2D eigenvalue weighted by Gasteiger charge is 2.31. The van der Waals surface area contributed by atoms with Crippen molar-refractivity contribution in [1.29, 1.82) is 0 Å². The van der Waals surface area contributed by atoms with Crippen LogP contribution in [0.5, 0.6) is 5.75 Å². The summed E-state index contributed by atoms with van der Waals surface area (Å²) in [7, 11) is 0. The summed E-state index contributed by atoms with van der Waals surface area (Å²) in [5.41, 5.74) is 0.379. The third-order valence-corrected chi connectivity index (χ3v) is 4.25. The minimum Gasteiger partial charge on any atom is -0.405 e. The lowest BCUT2D eigenvalue weighted by Gasteiger charge is -2.26. The van der Waals surface area contributed by atoms with Crippen LogP contribution in [0.2, 0.25) is 0 Å². The van der Waals surface area contributed by atoms with Gasteiger partial charge < -0.3 is 20.1 Å². The van der Waals surface area contributed by atoms with E-state index in [2.05, 4.69) is 25.3 Å². The number of halogens is 3. The van der Waals surface area contributed by atoms with E-state index < -0.39 is 6.36 Å². The maximum atomic E-state index is 12.5. The Bertz CT molecular complexity index is 605. The van der Waals surface area contributed by atoms with Gasteiger partial charge in [0.15, 0.2) is 5.96 Å². The second-order valence-electron chi connectivity index (χ2n) is 6.44. The van der Waals surface area contributed by atoms with Crippen LogP contribution in [0.1, 0.15) is 25.3 Å². The van der Waals surface area contributed by atoms with Crippen LogP contribution in [0.3, 0.4) is 0 Å². The molecule has 0 aliphatic carbocycles. The van der Waals surface area contributed by atoms with E-state index in [-0.39, 0.29) is 12.3 Å². The minimum atomic E-state index is -4.72. The minimum absolute atomic E-state index is 0.0926. The molecule has 0 unspecified atom stereocenters. The van der Waals surface area contributed by atoms with Crippen molar-refractivity contribution in [3.8, 4) is 5.75 Å². The summed E-state index contributed by atoms with van der Waals surface area (Å²) >= 11 is 0. The van der Waals surface area contributed by atoms with Crippen molar-refractivity contribution in [2.24, 2.45) is 4.99 Å². The molecular formula is C19H29F3N4O2. The van der Waals surface area contributed by atoms with Gasteiger partial charge in [-0.3, -0.25) is 4.90 Å². The van der Waals surface area contributed by atoms with Crippen LogP contribution in [0.25, 0.3) is 0 Å². The second-order valence-corrected chi connectivity index (χ2v) is 6.44. The molecule has 1 aromatic rings. The molecule has 2 rings (SSSR count). The number of ether oxygens (including phenoxy) is 2. The molecule has 2 N–H and O–H groups in total. The molecule has 0 atom stereocenters. The summed E-state index contributed by atoms with van der Waals surface area (Å²) in [5.74, 6) is 0.357. The Morgan fingerprint density at radius 3 is 2.64 bits per heavy atom. The fourth-order valence-corrected chi connectivity index (χ4v) is 2.86. The summed E-state index contributed by atoms with van der Waals surface area (Å²) in [6.07, 6.45) is -2.67. The molecule has 158 valence electrons. The zero-order valence-corrected chi connectivity index (χ0v) is 16.2.